The number of piperidine rings is 1. The van der Waals surface area contributed by atoms with E-state index in [9.17, 15) is 4.79 Å². The third-order valence-electron chi connectivity index (χ3n) is 4.35. The number of aryl methyl sites for hydroxylation is 1. The number of nitrogens with one attached hydrogen (secondary N) is 1. The molecule has 122 valence electrons. The lowest BCUT2D eigenvalue weighted by Crippen LogP contribution is -2.51. The summed E-state index contributed by atoms with van der Waals surface area (Å²) in [5, 5.41) is 2.98. The fourth-order valence-corrected chi connectivity index (χ4v) is 2.88. The zero-order valence-corrected chi connectivity index (χ0v) is 13.5. The molecule has 0 aromatic heterocycles. The van der Waals surface area contributed by atoms with Crippen molar-refractivity contribution in [3.8, 4) is 0 Å². The quantitative estimate of drug-likeness (QED) is 0.824. The van der Waals surface area contributed by atoms with Crippen LogP contribution in [0.2, 0.25) is 0 Å². The number of methoxy groups -OCH3 is 1. The Bertz CT molecular complexity index is 475. The van der Waals surface area contributed by atoms with Gasteiger partial charge in [-0.05, 0) is 25.3 Å². The van der Waals surface area contributed by atoms with Crippen LogP contribution in [0.3, 0.4) is 0 Å². The SMILES string of the molecule is COC1CCN(CC(=O)NCc2ccc(C)cc2)C(CN)C1. The summed E-state index contributed by atoms with van der Waals surface area (Å²) in [5.41, 5.74) is 8.18. The van der Waals surface area contributed by atoms with Crippen LogP contribution in [0, 0.1) is 6.92 Å². The molecule has 22 heavy (non-hydrogen) atoms. The second-order valence-corrected chi connectivity index (χ2v) is 6.00. The number of hydrogen-bond donors (Lipinski definition) is 2. The predicted octanol–water partition coefficient (Wildman–Crippen LogP) is 1.05. The minimum absolute atomic E-state index is 0.0508. The van der Waals surface area contributed by atoms with Gasteiger partial charge in [0.25, 0.3) is 0 Å². The highest BCUT2D eigenvalue weighted by molar-refractivity contribution is 5.78. The molecule has 1 aliphatic heterocycles. The molecule has 2 unspecified atom stereocenters. The van der Waals surface area contributed by atoms with Gasteiger partial charge in [0, 0.05) is 32.8 Å². The number of nitrogens with zero attached hydrogens (tertiary/aromatic N) is 1. The maximum Gasteiger partial charge on any atom is 0.234 e. The van der Waals surface area contributed by atoms with Crippen LogP contribution in [-0.2, 0) is 16.1 Å². The molecular weight excluding hydrogens is 278 g/mol. The van der Waals surface area contributed by atoms with Crippen molar-refractivity contribution in [3.05, 3.63) is 35.4 Å². The Labute approximate surface area is 132 Å². The molecule has 0 spiro atoms. The van der Waals surface area contributed by atoms with E-state index in [4.69, 9.17) is 10.5 Å². The number of amides is 1. The van der Waals surface area contributed by atoms with E-state index in [1.807, 2.05) is 12.1 Å². The van der Waals surface area contributed by atoms with Gasteiger partial charge in [-0.3, -0.25) is 9.69 Å². The number of carbonyl (C=O) groups is 1. The van der Waals surface area contributed by atoms with Gasteiger partial charge in [0.15, 0.2) is 0 Å². The molecule has 1 heterocycles. The molecule has 2 rings (SSSR count). The highest BCUT2D eigenvalue weighted by atomic mass is 16.5. The standard InChI is InChI=1S/C17H27N3O2/c1-13-3-5-14(6-4-13)11-19-17(21)12-20-8-7-16(22-2)9-15(20)10-18/h3-6,15-16H,7-12,18H2,1-2H3,(H,19,21). The number of carbonyl (C=O) groups excluding carboxylic acids is 1. The summed E-state index contributed by atoms with van der Waals surface area (Å²) >= 11 is 0. The van der Waals surface area contributed by atoms with Crippen molar-refractivity contribution in [2.24, 2.45) is 5.73 Å². The Morgan fingerprint density at radius 1 is 1.41 bits per heavy atom. The molecule has 1 fully saturated rings. The van der Waals surface area contributed by atoms with Crippen molar-refractivity contribution in [2.75, 3.05) is 26.7 Å². The summed E-state index contributed by atoms with van der Waals surface area (Å²) in [7, 11) is 1.74. The zero-order chi connectivity index (χ0) is 15.9. The average Bonchev–Trinajstić information content (AvgIpc) is 2.54. The van der Waals surface area contributed by atoms with Crippen molar-refractivity contribution in [2.45, 2.75) is 38.5 Å². The Morgan fingerprint density at radius 2 is 2.14 bits per heavy atom. The van der Waals surface area contributed by atoms with Crippen LogP contribution in [0.15, 0.2) is 24.3 Å². The predicted molar refractivity (Wildman–Crippen MR) is 87.5 cm³/mol. The molecular formula is C17H27N3O2. The molecule has 2 atom stereocenters. The number of likely N-dealkylation sites (tertiary alicyclic amines) is 1. The minimum atomic E-state index is 0.0508. The molecule has 0 aliphatic carbocycles. The summed E-state index contributed by atoms with van der Waals surface area (Å²) in [5.74, 6) is 0.0508. The van der Waals surface area contributed by atoms with Gasteiger partial charge in [0.1, 0.15) is 0 Å². The van der Waals surface area contributed by atoms with Crippen molar-refractivity contribution >= 4 is 5.91 Å². The molecule has 5 heteroatoms. The van der Waals surface area contributed by atoms with Gasteiger partial charge in [-0.15, -0.1) is 0 Å². The lowest BCUT2D eigenvalue weighted by Gasteiger charge is -2.37. The molecule has 0 radical (unpaired) electrons. The van der Waals surface area contributed by atoms with Crippen LogP contribution >= 0.6 is 0 Å². The molecule has 1 aliphatic rings. The van der Waals surface area contributed by atoms with E-state index in [0.29, 0.717) is 19.6 Å². The number of nitrogens with two attached hydrogens (primary N) is 1. The lowest BCUT2D eigenvalue weighted by molar-refractivity contribution is -0.124. The number of benzene rings is 1. The van der Waals surface area contributed by atoms with E-state index in [-0.39, 0.29) is 18.1 Å². The molecule has 0 saturated carbocycles. The second-order valence-electron chi connectivity index (χ2n) is 6.00. The van der Waals surface area contributed by atoms with Crippen LogP contribution < -0.4 is 11.1 Å². The monoisotopic (exact) mass is 305 g/mol. The molecule has 5 nitrogen and oxygen atoms in total. The Kier molecular flexibility index (Phi) is 6.36. The first kappa shape index (κ1) is 16.9. The first-order valence-corrected chi connectivity index (χ1v) is 7.91. The number of hydrogen-bond acceptors (Lipinski definition) is 4. The molecule has 3 N–H and O–H groups in total. The van der Waals surface area contributed by atoms with Crippen LogP contribution in [0.4, 0.5) is 0 Å². The highest BCUT2D eigenvalue weighted by Crippen LogP contribution is 2.18. The molecule has 0 bridgehead atoms. The summed E-state index contributed by atoms with van der Waals surface area (Å²) < 4.78 is 5.41. The van der Waals surface area contributed by atoms with Crippen molar-refractivity contribution in [3.63, 3.8) is 0 Å². The summed E-state index contributed by atoms with van der Waals surface area (Å²) in [6.45, 7) is 4.45. The maximum atomic E-state index is 12.1. The van der Waals surface area contributed by atoms with Gasteiger partial charge in [-0.25, -0.2) is 0 Å². The van der Waals surface area contributed by atoms with E-state index in [1.165, 1.54) is 5.56 Å². The average molecular weight is 305 g/mol. The van der Waals surface area contributed by atoms with Crippen LogP contribution in [-0.4, -0.2) is 49.7 Å². The molecule has 1 saturated heterocycles. The maximum absolute atomic E-state index is 12.1. The number of ether oxygens (including phenoxy) is 1. The van der Waals surface area contributed by atoms with E-state index in [1.54, 1.807) is 7.11 Å². The Balaban J connectivity index is 1.79. The van der Waals surface area contributed by atoms with Crippen LogP contribution in [0.25, 0.3) is 0 Å². The highest BCUT2D eigenvalue weighted by Gasteiger charge is 2.28. The Hall–Kier alpha value is -1.43. The number of rotatable bonds is 6. The van der Waals surface area contributed by atoms with Crippen molar-refractivity contribution < 1.29 is 9.53 Å². The largest absolute Gasteiger partial charge is 0.381 e. The molecule has 1 aromatic carbocycles. The van der Waals surface area contributed by atoms with Crippen LogP contribution in [0.1, 0.15) is 24.0 Å². The van der Waals surface area contributed by atoms with Crippen LogP contribution in [0.5, 0.6) is 0 Å². The van der Waals surface area contributed by atoms with Gasteiger partial charge >= 0.3 is 0 Å². The third-order valence-corrected chi connectivity index (χ3v) is 4.35. The fraction of sp³-hybridized carbons (Fsp3) is 0.588. The minimum Gasteiger partial charge on any atom is -0.381 e. The summed E-state index contributed by atoms with van der Waals surface area (Å²) in [4.78, 5) is 14.3. The topological polar surface area (TPSA) is 67.6 Å². The summed E-state index contributed by atoms with van der Waals surface area (Å²) in [6, 6.07) is 8.43. The Morgan fingerprint density at radius 3 is 2.77 bits per heavy atom. The fourth-order valence-electron chi connectivity index (χ4n) is 2.88. The normalized spacial score (nSPS) is 22.5. The van der Waals surface area contributed by atoms with Gasteiger partial charge in [-0.2, -0.15) is 0 Å². The third kappa shape index (κ3) is 4.80. The smallest absolute Gasteiger partial charge is 0.234 e. The van der Waals surface area contributed by atoms with Crippen molar-refractivity contribution in [1.29, 1.82) is 0 Å². The van der Waals surface area contributed by atoms with E-state index in [2.05, 4.69) is 29.3 Å². The van der Waals surface area contributed by atoms with E-state index >= 15 is 0 Å². The molecule has 1 aromatic rings. The summed E-state index contributed by atoms with van der Waals surface area (Å²) in [6.07, 6.45) is 2.12. The second kappa shape index (κ2) is 8.27. The van der Waals surface area contributed by atoms with E-state index < -0.39 is 0 Å². The lowest BCUT2D eigenvalue weighted by atomic mass is 9.99. The zero-order valence-electron chi connectivity index (χ0n) is 13.5. The van der Waals surface area contributed by atoms with Gasteiger partial charge in [-0.1, -0.05) is 29.8 Å². The first-order valence-electron chi connectivity index (χ1n) is 7.91. The first-order chi connectivity index (χ1) is 10.6. The van der Waals surface area contributed by atoms with E-state index in [0.717, 1.165) is 24.9 Å². The van der Waals surface area contributed by atoms with Gasteiger partial charge in [0.2, 0.25) is 5.91 Å². The molecule has 1 amide bonds. The van der Waals surface area contributed by atoms with Crippen molar-refractivity contribution in [1.82, 2.24) is 10.2 Å². The van der Waals surface area contributed by atoms with Gasteiger partial charge < -0.3 is 15.8 Å². The van der Waals surface area contributed by atoms with Gasteiger partial charge in [0.05, 0.1) is 12.6 Å².